The predicted octanol–water partition coefficient (Wildman–Crippen LogP) is 1.39. The number of aromatic hydroxyl groups is 1. The lowest BCUT2D eigenvalue weighted by Gasteiger charge is -2.19. The van der Waals surface area contributed by atoms with E-state index in [1.54, 1.807) is 0 Å². The van der Waals surface area contributed by atoms with Gasteiger partial charge in [-0.1, -0.05) is 15.9 Å². The largest absolute Gasteiger partial charge is 0.504 e. The first kappa shape index (κ1) is 14.9. The smallest absolute Gasteiger partial charge is 0.163 e. The maximum atomic E-state index is 10.8. The molecule has 0 aliphatic rings. The number of hydrogen-bond acceptors (Lipinski definition) is 5. The minimum Gasteiger partial charge on any atom is -0.504 e. The normalized spacial score (nSPS) is 14.0. The van der Waals surface area contributed by atoms with Gasteiger partial charge in [-0.05, 0) is 18.6 Å². The Bertz CT molecular complexity index is 421. The number of ether oxygens (including phenoxy) is 1. The molecule has 0 aliphatic heterocycles. The molecule has 1 rings (SSSR count). The molecule has 0 bridgehead atoms. The van der Waals surface area contributed by atoms with Crippen molar-refractivity contribution in [1.82, 2.24) is 0 Å². The van der Waals surface area contributed by atoms with E-state index in [-0.39, 0.29) is 22.6 Å². The first-order valence-corrected chi connectivity index (χ1v) is 6.45. The molecular formula is C12H15BrO5. The molecule has 100 valence electrons. The quantitative estimate of drug-likeness (QED) is 0.545. The number of aliphatic hydroxyl groups is 2. The highest BCUT2D eigenvalue weighted by atomic mass is 79.9. The number of rotatable bonds is 6. The third-order valence-electron chi connectivity index (χ3n) is 2.57. The molecule has 1 aromatic rings. The molecule has 5 nitrogen and oxygen atoms in total. The molecule has 0 saturated carbocycles. The van der Waals surface area contributed by atoms with E-state index in [4.69, 9.17) is 4.74 Å². The van der Waals surface area contributed by atoms with Crippen LogP contribution in [0.3, 0.4) is 0 Å². The number of carbonyl (C=O) groups is 1. The molecule has 0 amide bonds. The Hall–Kier alpha value is -1.11. The Balaban J connectivity index is 3.17. The van der Waals surface area contributed by atoms with Crippen LogP contribution >= 0.6 is 15.9 Å². The van der Waals surface area contributed by atoms with Crippen LogP contribution in [0.1, 0.15) is 28.4 Å². The van der Waals surface area contributed by atoms with Gasteiger partial charge in [0, 0.05) is 16.5 Å². The lowest BCUT2D eigenvalue weighted by atomic mass is 9.99. The van der Waals surface area contributed by atoms with Crippen LogP contribution in [-0.2, 0) is 0 Å². The number of phenols is 1. The Kier molecular flexibility index (Phi) is 5.58. The fraction of sp³-hybridized carbons (Fsp3) is 0.417. The number of benzene rings is 1. The van der Waals surface area contributed by atoms with Crippen LogP contribution in [0.25, 0.3) is 0 Å². The zero-order valence-electron chi connectivity index (χ0n) is 9.84. The first-order valence-electron chi connectivity index (χ1n) is 5.33. The molecule has 6 heteroatoms. The maximum Gasteiger partial charge on any atom is 0.163 e. The summed E-state index contributed by atoms with van der Waals surface area (Å²) in [4.78, 5) is 10.8. The molecule has 2 unspecified atom stereocenters. The highest BCUT2D eigenvalue weighted by Gasteiger charge is 2.23. The topological polar surface area (TPSA) is 87.0 Å². The lowest BCUT2D eigenvalue weighted by Crippen LogP contribution is -2.19. The molecular weight excluding hydrogens is 304 g/mol. The van der Waals surface area contributed by atoms with Gasteiger partial charge >= 0.3 is 0 Å². The molecule has 0 fully saturated rings. The molecule has 0 aromatic heterocycles. The van der Waals surface area contributed by atoms with Gasteiger partial charge in [0.15, 0.2) is 11.5 Å². The highest BCUT2D eigenvalue weighted by Crippen LogP contribution is 2.36. The number of hydrogen-bond donors (Lipinski definition) is 3. The minimum absolute atomic E-state index is 0.0740. The minimum atomic E-state index is -1.28. The van der Waals surface area contributed by atoms with Crippen LogP contribution in [-0.4, -0.2) is 40.1 Å². The van der Waals surface area contributed by atoms with Crippen LogP contribution in [0.5, 0.6) is 11.5 Å². The van der Waals surface area contributed by atoms with Gasteiger partial charge in [0.05, 0.1) is 13.2 Å². The summed E-state index contributed by atoms with van der Waals surface area (Å²) in [5, 5.41) is 30.0. The SMILES string of the molecule is COc1cc(C=O)cc(C(O)C(O)CCBr)c1O. The number of aliphatic hydroxyl groups excluding tert-OH is 2. The highest BCUT2D eigenvalue weighted by molar-refractivity contribution is 9.09. The van der Waals surface area contributed by atoms with Gasteiger partial charge in [0.2, 0.25) is 0 Å². The molecule has 3 N–H and O–H groups in total. The average molecular weight is 319 g/mol. The van der Waals surface area contributed by atoms with Gasteiger partial charge < -0.3 is 20.1 Å². The molecule has 0 aliphatic carbocycles. The predicted molar refractivity (Wildman–Crippen MR) is 69.4 cm³/mol. The third kappa shape index (κ3) is 3.22. The van der Waals surface area contributed by atoms with E-state index in [1.807, 2.05) is 0 Å². The number of carbonyl (C=O) groups excluding carboxylic acids is 1. The van der Waals surface area contributed by atoms with Crippen molar-refractivity contribution < 1.29 is 24.9 Å². The maximum absolute atomic E-state index is 10.8. The lowest BCUT2D eigenvalue weighted by molar-refractivity contribution is 0.0158. The molecule has 0 spiro atoms. The Morgan fingerprint density at radius 3 is 2.61 bits per heavy atom. The average Bonchev–Trinajstić information content (AvgIpc) is 2.38. The van der Waals surface area contributed by atoms with E-state index < -0.39 is 12.2 Å². The van der Waals surface area contributed by atoms with Crippen LogP contribution in [0, 0.1) is 0 Å². The molecule has 0 saturated heterocycles. The second kappa shape index (κ2) is 6.72. The first-order chi connectivity index (χ1) is 8.54. The van der Waals surface area contributed by atoms with Crippen molar-refractivity contribution in [3.05, 3.63) is 23.3 Å². The van der Waals surface area contributed by atoms with Crippen LogP contribution in [0.15, 0.2) is 12.1 Å². The number of halogens is 1. The van der Waals surface area contributed by atoms with Gasteiger partial charge in [-0.15, -0.1) is 0 Å². The second-order valence-corrected chi connectivity index (χ2v) is 4.56. The summed E-state index contributed by atoms with van der Waals surface area (Å²) in [5.74, 6) is -0.191. The van der Waals surface area contributed by atoms with Gasteiger partial charge in [-0.3, -0.25) is 4.79 Å². The Morgan fingerprint density at radius 1 is 1.44 bits per heavy atom. The summed E-state index contributed by atoms with van der Waals surface area (Å²) >= 11 is 3.15. The van der Waals surface area contributed by atoms with Crippen molar-refractivity contribution >= 4 is 22.2 Å². The zero-order valence-corrected chi connectivity index (χ0v) is 11.4. The monoisotopic (exact) mass is 318 g/mol. The van der Waals surface area contributed by atoms with Crippen molar-refractivity contribution in [3.63, 3.8) is 0 Å². The van der Waals surface area contributed by atoms with E-state index in [0.717, 1.165) is 0 Å². The molecule has 0 radical (unpaired) electrons. The van der Waals surface area contributed by atoms with Gasteiger partial charge in [0.25, 0.3) is 0 Å². The molecule has 1 aromatic carbocycles. The van der Waals surface area contributed by atoms with Gasteiger partial charge in [-0.2, -0.15) is 0 Å². The molecule has 2 atom stereocenters. The standard InChI is InChI=1S/C12H15BrO5/c1-18-10-5-7(6-14)4-8(12(10)17)11(16)9(15)2-3-13/h4-6,9,11,15-17H,2-3H2,1H3. The number of aldehydes is 1. The Morgan fingerprint density at radius 2 is 2.11 bits per heavy atom. The summed E-state index contributed by atoms with van der Waals surface area (Å²) in [6.07, 6.45) is -1.43. The number of methoxy groups -OCH3 is 1. The van der Waals surface area contributed by atoms with E-state index in [0.29, 0.717) is 18.0 Å². The zero-order chi connectivity index (χ0) is 13.7. The molecule has 18 heavy (non-hydrogen) atoms. The van der Waals surface area contributed by atoms with Crippen LogP contribution in [0.2, 0.25) is 0 Å². The van der Waals surface area contributed by atoms with E-state index in [1.165, 1.54) is 19.2 Å². The summed E-state index contributed by atoms with van der Waals surface area (Å²) in [7, 11) is 1.34. The number of phenolic OH excluding ortho intramolecular Hbond substituents is 1. The van der Waals surface area contributed by atoms with E-state index in [2.05, 4.69) is 15.9 Å². The third-order valence-corrected chi connectivity index (χ3v) is 3.03. The van der Waals surface area contributed by atoms with Crippen LogP contribution < -0.4 is 4.74 Å². The fourth-order valence-electron chi connectivity index (χ4n) is 1.58. The second-order valence-electron chi connectivity index (χ2n) is 3.77. The summed E-state index contributed by atoms with van der Waals surface area (Å²) in [6, 6.07) is 2.68. The van der Waals surface area contributed by atoms with Gasteiger partial charge in [-0.25, -0.2) is 0 Å². The van der Waals surface area contributed by atoms with Crippen molar-refractivity contribution in [2.24, 2.45) is 0 Å². The van der Waals surface area contributed by atoms with Crippen molar-refractivity contribution in [1.29, 1.82) is 0 Å². The van der Waals surface area contributed by atoms with Crippen LogP contribution in [0.4, 0.5) is 0 Å². The summed E-state index contributed by atoms with van der Waals surface area (Å²) in [5.41, 5.74) is 0.328. The van der Waals surface area contributed by atoms with Gasteiger partial charge in [0.1, 0.15) is 12.4 Å². The van der Waals surface area contributed by atoms with Crippen molar-refractivity contribution in [2.45, 2.75) is 18.6 Å². The Labute approximate surface area is 113 Å². The van der Waals surface area contributed by atoms with E-state index >= 15 is 0 Å². The number of alkyl halides is 1. The molecule has 0 heterocycles. The van der Waals surface area contributed by atoms with Crippen molar-refractivity contribution in [2.75, 3.05) is 12.4 Å². The fourth-order valence-corrected chi connectivity index (χ4v) is 2.05. The van der Waals surface area contributed by atoms with E-state index in [9.17, 15) is 20.1 Å². The summed E-state index contributed by atoms with van der Waals surface area (Å²) in [6.45, 7) is 0. The van der Waals surface area contributed by atoms with Crippen molar-refractivity contribution in [3.8, 4) is 11.5 Å². The summed E-state index contributed by atoms with van der Waals surface area (Å²) < 4.78 is 4.91.